The first-order valence-electron chi connectivity index (χ1n) is 6.65. The second-order valence-corrected chi connectivity index (χ2v) is 6.53. The zero-order valence-corrected chi connectivity index (χ0v) is 14.8. The molecule has 3 aromatic rings. The van der Waals surface area contributed by atoms with E-state index in [0.29, 0.717) is 9.79 Å². The minimum Gasteiger partial charge on any atom is -0.327 e. The van der Waals surface area contributed by atoms with Crippen molar-refractivity contribution in [2.75, 3.05) is 0 Å². The van der Waals surface area contributed by atoms with Crippen LogP contribution in [0.5, 0.6) is 0 Å². The van der Waals surface area contributed by atoms with Crippen LogP contribution in [0.2, 0.25) is 5.02 Å². The molecule has 0 bridgehead atoms. The summed E-state index contributed by atoms with van der Waals surface area (Å²) < 4.78 is 5.35. The fourth-order valence-electron chi connectivity index (χ4n) is 2.49. The van der Waals surface area contributed by atoms with Gasteiger partial charge in [0.25, 0.3) is 0 Å². The maximum Gasteiger partial charge on any atom is 0.184 e. The van der Waals surface area contributed by atoms with E-state index in [9.17, 15) is 0 Å². The quantitative estimate of drug-likeness (QED) is 0.658. The standard InChI is InChI=1S/C14H14BrClN4S/c1-3-4-11-12-13(19(2)18-11)20(14(21)17-12)8-5-6-10(16)9(15)7-8/h5-7H,3-4H2,1-2H3,(H,17,21). The average molecular weight is 386 g/mol. The van der Waals surface area contributed by atoms with Crippen LogP contribution in [0, 0.1) is 4.77 Å². The van der Waals surface area contributed by atoms with E-state index < -0.39 is 0 Å². The van der Waals surface area contributed by atoms with Crippen LogP contribution in [0.15, 0.2) is 22.7 Å². The number of nitrogens with one attached hydrogen (secondary N) is 1. The molecule has 0 saturated heterocycles. The summed E-state index contributed by atoms with van der Waals surface area (Å²) in [5.74, 6) is 0. The summed E-state index contributed by atoms with van der Waals surface area (Å²) in [6, 6.07) is 5.76. The van der Waals surface area contributed by atoms with Crippen LogP contribution in [0.3, 0.4) is 0 Å². The molecule has 0 fully saturated rings. The third-order valence-corrected chi connectivity index (χ3v) is 4.88. The Labute approximate surface area is 140 Å². The van der Waals surface area contributed by atoms with Gasteiger partial charge in [0.15, 0.2) is 10.4 Å². The van der Waals surface area contributed by atoms with Gasteiger partial charge in [-0.05, 0) is 52.8 Å². The molecule has 0 amide bonds. The van der Waals surface area contributed by atoms with Gasteiger partial charge in [-0.25, -0.2) is 4.68 Å². The largest absolute Gasteiger partial charge is 0.327 e. The molecule has 0 atom stereocenters. The van der Waals surface area contributed by atoms with Crippen molar-refractivity contribution < 1.29 is 0 Å². The minimum atomic E-state index is 0.657. The van der Waals surface area contributed by atoms with Crippen LogP contribution >= 0.6 is 39.7 Å². The number of aryl methyl sites for hydroxylation is 2. The third-order valence-electron chi connectivity index (χ3n) is 3.38. The number of imidazole rings is 1. The number of benzene rings is 1. The molecule has 0 radical (unpaired) electrons. The molecule has 0 spiro atoms. The van der Waals surface area contributed by atoms with Gasteiger partial charge < -0.3 is 4.98 Å². The number of halogens is 2. The Morgan fingerprint density at radius 2 is 2.19 bits per heavy atom. The van der Waals surface area contributed by atoms with Crippen molar-refractivity contribution >= 4 is 50.9 Å². The van der Waals surface area contributed by atoms with E-state index in [2.05, 4.69) is 32.9 Å². The lowest BCUT2D eigenvalue weighted by molar-refractivity contribution is 0.735. The molecule has 0 saturated carbocycles. The molecule has 110 valence electrons. The molecule has 3 rings (SSSR count). The number of aromatic nitrogens is 4. The van der Waals surface area contributed by atoms with Crippen molar-refractivity contribution in [2.45, 2.75) is 19.8 Å². The number of nitrogens with zero attached hydrogens (tertiary/aromatic N) is 3. The summed E-state index contributed by atoms with van der Waals surface area (Å²) in [7, 11) is 1.94. The van der Waals surface area contributed by atoms with Gasteiger partial charge in [0.2, 0.25) is 0 Å². The SMILES string of the molecule is CCCc1nn(C)c2c1[nH]c(=S)n2-c1ccc(Cl)c(Br)c1. The molecule has 1 N–H and O–H groups in total. The van der Waals surface area contributed by atoms with E-state index in [-0.39, 0.29) is 0 Å². The summed E-state index contributed by atoms with van der Waals surface area (Å²) in [6.45, 7) is 2.14. The molecule has 0 aliphatic carbocycles. The lowest BCUT2D eigenvalue weighted by Gasteiger charge is -2.06. The van der Waals surface area contributed by atoms with E-state index in [1.54, 1.807) is 0 Å². The molecular weight excluding hydrogens is 372 g/mol. The molecule has 0 unspecified atom stereocenters. The van der Waals surface area contributed by atoms with Crippen LogP contribution in [-0.4, -0.2) is 19.3 Å². The van der Waals surface area contributed by atoms with Gasteiger partial charge >= 0.3 is 0 Å². The summed E-state index contributed by atoms with van der Waals surface area (Å²) in [6.07, 6.45) is 1.97. The number of hydrogen-bond donors (Lipinski definition) is 1. The zero-order valence-electron chi connectivity index (χ0n) is 11.7. The van der Waals surface area contributed by atoms with Gasteiger partial charge in [-0.2, -0.15) is 5.10 Å². The smallest absolute Gasteiger partial charge is 0.184 e. The van der Waals surface area contributed by atoms with Crippen molar-refractivity contribution in [2.24, 2.45) is 7.05 Å². The molecule has 0 aliphatic heterocycles. The van der Waals surface area contributed by atoms with E-state index in [0.717, 1.165) is 39.9 Å². The van der Waals surface area contributed by atoms with Crippen LogP contribution in [0.4, 0.5) is 0 Å². The molecule has 2 aromatic heterocycles. The van der Waals surface area contributed by atoms with Gasteiger partial charge in [0.1, 0.15) is 5.52 Å². The lowest BCUT2D eigenvalue weighted by atomic mass is 10.2. The lowest BCUT2D eigenvalue weighted by Crippen LogP contribution is -2.01. The van der Waals surface area contributed by atoms with E-state index in [1.807, 2.05) is 34.5 Å². The second kappa shape index (κ2) is 5.59. The predicted molar refractivity (Wildman–Crippen MR) is 91.9 cm³/mol. The van der Waals surface area contributed by atoms with Crippen molar-refractivity contribution in [3.63, 3.8) is 0 Å². The Kier molecular flexibility index (Phi) is 3.94. The molecule has 2 heterocycles. The van der Waals surface area contributed by atoms with Gasteiger partial charge in [-0.3, -0.25) is 4.57 Å². The minimum absolute atomic E-state index is 0.657. The van der Waals surface area contributed by atoms with Crippen molar-refractivity contribution in [1.82, 2.24) is 19.3 Å². The summed E-state index contributed by atoms with van der Waals surface area (Å²) in [4.78, 5) is 3.28. The fraction of sp³-hybridized carbons (Fsp3) is 0.286. The van der Waals surface area contributed by atoms with Crippen molar-refractivity contribution in [3.8, 4) is 5.69 Å². The fourth-order valence-corrected chi connectivity index (χ4v) is 3.27. The normalized spacial score (nSPS) is 11.4. The Morgan fingerprint density at radius 1 is 1.43 bits per heavy atom. The number of aromatic amines is 1. The topological polar surface area (TPSA) is 38.5 Å². The third kappa shape index (κ3) is 2.45. The van der Waals surface area contributed by atoms with Gasteiger partial charge in [0.05, 0.1) is 16.4 Å². The van der Waals surface area contributed by atoms with Crippen molar-refractivity contribution in [1.29, 1.82) is 0 Å². The van der Waals surface area contributed by atoms with E-state index in [4.69, 9.17) is 23.8 Å². The summed E-state index contributed by atoms with van der Waals surface area (Å²) in [5.41, 5.74) is 3.98. The molecule has 7 heteroatoms. The van der Waals surface area contributed by atoms with Gasteiger partial charge in [-0.15, -0.1) is 0 Å². The Bertz CT molecular complexity index is 877. The first kappa shape index (κ1) is 14.8. The second-order valence-electron chi connectivity index (χ2n) is 4.88. The monoisotopic (exact) mass is 384 g/mol. The van der Waals surface area contributed by atoms with Gasteiger partial charge in [0, 0.05) is 11.5 Å². The van der Waals surface area contributed by atoms with Crippen molar-refractivity contribution in [3.05, 3.63) is 38.2 Å². The summed E-state index contributed by atoms with van der Waals surface area (Å²) in [5, 5.41) is 5.26. The highest BCUT2D eigenvalue weighted by Gasteiger charge is 2.16. The Hall–Kier alpha value is -1.11. The summed E-state index contributed by atoms with van der Waals surface area (Å²) >= 11 is 15.0. The van der Waals surface area contributed by atoms with Crippen LogP contribution in [0.1, 0.15) is 19.0 Å². The molecule has 4 nitrogen and oxygen atoms in total. The highest BCUT2D eigenvalue weighted by molar-refractivity contribution is 9.10. The highest BCUT2D eigenvalue weighted by Crippen LogP contribution is 2.28. The Morgan fingerprint density at radius 3 is 2.86 bits per heavy atom. The van der Waals surface area contributed by atoms with Crippen LogP contribution in [-0.2, 0) is 13.5 Å². The van der Waals surface area contributed by atoms with Crippen LogP contribution < -0.4 is 0 Å². The Balaban J connectivity index is 2.29. The number of hydrogen-bond acceptors (Lipinski definition) is 2. The molecular formula is C14H14BrClN4S. The van der Waals surface area contributed by atoms with E-state index in [1.165, 1.54) is 0 Å². The molecule has 1 aromatic carbocycles. The molecule has 21 heavy (non-hydrogen) atoms. The highest BCUT2D eigenvalue weighted by atomic mass is 79.9. The van der Waals surface area contributed by atoms with E-state index >= 15 is 0 Å². The van der Waals surface area contributed by atoms with Crippen LogP contribution in [0.25, 0.3) is 16.9 Å². The van der Waals surface area contributed by atoms with Gasteiger partial charge in [-0.1, -0.05) is 24.9 Å². The maximum atomic E-state index is 6.07. The predicted octanol–water partition coefficient (Wildman–Crippen LogP) is 4.79. The first-order valence-corrected chi connectivity index (χ1v) is 8.23. The maximum absolute atomic E-state index is 6.07. The zero-order chi connectivity index (χ0) is 15.1. The number of H-pyrrole nitrogens is 1. The number of rotatable bonds is 3. The average Bonchev–Trinajstić information content (AvgIpc) is 2.92. The molecule has 0 aliphatic rings. The number of fused-ring (bicyclic) bond motifs is 1. The first-order chi connectivity index (χ1) is 10.0.